The van der Waals surface area contributed by atoms with Crippen molar-refractivity contribution in [2.75, 3.05) is 6.54 Å². The molecular weight excluding hydrogens is 220 g/mol. The Morgan fingerprint density at radius 1 is 1.29 bits per heavy atom. The van der Waals surface area contributed by atoms with Crippen molar-refractivity contribution in [2.24, 2.45) is 11.7 Å². The molecule has 1 saturated carbocycles. The summed E-state index contributed by atoms with van der Waals surface area (Å²) in [6.45, 7) is 0.558. The van der Waals surface area contributed by atoms with E-state index in [-0.39, 0.29) is 11.8 Å². The summed E-state index contributed by atoms with van der Waals surface area (Å²) in [6.07, 6.45) is 5.92. The molecule has 5 heteroatoms. The van der Waals surface area contributed by atoms with Gasteiger partial charge in [-0.05, 0) is 38.6 Å². The molecule has 0 bridgehead atoms. The standard InChI is InChI=1S/C12H22N2O3/c13-8-4-3-7-10(12(16)17)14-11(15)9-5-1-2-6-9/h9-10H,1-8,13H2,(H,14,15)(H,16,17)/t10-/m1/s1. The summed E-state index contributed by atoms with van der Waals surface area (Å²) in [5.41, 5.74) is 5.36. The van der Waals surface area contributed by atoms with Crippen molar-refractivity contribution >= 4 is 11.9 Å². The maximum atomic E-state index is 11.8. The molecule has 17 heavy (non-hydrogen) atoms. The summed E-state index contributed by atoms with van der Waals surface area (Å²) in [4.78, 5) is 22.8. The summed E-state index contributed by atoms with van der Waals surface area (Å²) in [5, 5.41) is 11.7. The molecular formula is C12H22N2O3. The van der Waals surface area contributed by atoms with Crippen LogP contribution >= 0.6 is 0 Å². The molecule has 0 radical (unpaired) electrons. The summed E-state index contributed by atoms with van der Waals surface area (Å²) in [7, 11) is 0. The third-order valence-electron chi connectivity index (χ3n) is 3.29. The summed E-state index contributed by atoms with van der Waals surface area (Å²) >= 11 is 0. The smallest absolute Gasteiger partial charge is 0.326 e. The van der Waals surface area contributed by atoms with Crippen LogP contribution < -0.4 is 11.1 Å². The minimum Gasteiger partial charge on any atom is -0.480 e. The molecule has 0 spiro atoms. The van der Waals surface area contributed by atoms with Crippen LogP contribution in [0.5, 0.6) is 0 Å². The van der Waals surface area contributed by atoms with Crippen LogP contribution in [0, 0.1) is 5.92 Å². The van der Waals surface area contributed by atoms with Gasteiger partial charge in [0.15, 0.2) is 0 Å². The fourth-order valence-corrected chi connectivity index (χ4v) is 2.23. The number of carbonyl (C=O) groups is 2. The van der Waals surface area contributed by atoms with E-state index >= 15 is 0 Å². The highest BCUT2D eigenvalue weighted by molar-refractivity contribution is 5.85. The zero-order chi connectivity index (χ0) is 12.7. The van der Waals surface area contributed by atoms with Crippen LogP contribution in [0.2, 0.25) is 0 Å². The van der Waals surface area contributed by atoms with Gasteiger partial charge in [-0.1, -0.05) is 12.8 Å². The fraction of sp³-hybridized carbons (Fsp3) is 0.833. The number of carboxylic acids is 1. The third-order valence-corrected chi connectivity index (χ3v) is 3.29. The number of nitrogens with two attached hydrogens (primary N) is 1. The van der Waals surface area contributed by atoms with Crippen LogP contribution in [0.1, 0.15) is 44.9 Å². The average molecular weight is 242 g/mol. The molecule has 1 amide bonds. The highest BCUT2D eigenvalue weighted by Crippen LogP contribution is 2.24. The number of carboxylic acid groups (broad SMARTS) is 1. The highest BCUT2D eigenvalue weighted by atomic mass is 16.4. The van der Waals surface area contributed by atoms with Crippen molar-refractivity contribution in [1.82, 2.24) is 5.32 Å². The SMILES string of the molecule is NCCCC[C@@H](NC(=O)C1CCCC1)C(=O)O. The van der Waals surface area contributed by atoms with Gasteiger partial charge in [0.2, 0.25) is 5.91 Å². The van der Waals surface area contributed by atoms with Gasteiger partial charge >= 0.3 is 5.97 Å². The Morgan fingerprint density at radius 2 is 1.94 bits per heavy atom. The molecule has 0 aromatic rings. The van der Waals surface area contributed by atoms with Gasteiger partial charge in [-0.25, -0.2) is 4.79 Å². The molecule has 0 aromatic carbocycles. The van der Waals surface area contributed by atoms with Crippen molar-refractivity contribution < 1.29 is 14.7 Å². The van der Waals surface area contributed by atoms with Crippen LogP contribution in [-0.2, 0) is 9.59 Å². The third kappa shape index (κ3) is 4.73. The molecule has 0 saturated heterocycles. The molecule has 4 N–H and O–H groups in total. The van der Waals surface area contributed by atoms with Crippen LogP contribution in [0.3, 0.4) is 0 Å². The average Bonchev–Trinajstić information content (AvgIpc) is 2.81. The lowest BCUT2D eigenvalue weighted by Gasteiger charge is -2.17. The van der Waals surface area contributed by atoms with Gasteiger partial charge < -0.3 is 16.2 Å². The largest absolute Gasteiger partial charge is 0.480 e. The second-order valence-corrected chi connectivity index (χ2v) is 4.67. The first-order valence-corrected chi connectivity index (χ1v) is 6.38. The molecule has 0 aliphatic heterocycles. The van der Waals surface area contributed by atoms with Crippen molar-refractivity contribution in [3.05, 3.63) is 0 Å². The minimum absolute atomic E-state index is 0.0198. The Labute approximate surface area is 102 Å². The molecule has 1 aliphatic carbocycles. The van der Waals surface area contributed by atoms with Crippen LogP contribution in [0.25, 0.3) is 0 Å². The first-order valence-electron chi connectivity index (χ1n) is 6.38. The highest BCUT2D eigenvalue weighted by Gasteiger charge is 2.26. The second kappa shape index (κ2) is 7.27. The van der Waals surface area contributed by atoms with Crippen LogP contribution in [-0.4, -0.2) is 29.6 Å². The van der Waals surface area contributed by atoms with Gasteiger partial charge in [0.25, 0.3) is 0 Å². The van der Waals surface area contributed by atoms with E-state index in [9.17, 15) is 9.59 Å². The Hall–Kier alpha value is -1.10. The van der Waals surface area contributed by atoms with Crippen molar-refractivity contribution in [3.8, 4) is 0 Å². The van der Waals surface area contributed by atoms with E-state index in [2.05, 4.69) is 5.32 Å². The number of nitrogens with one attached hydrogen (secondary N) is 1. The number of amides is 1. The number of unbranched alkanes of at least 4 members (excludes halogenated alkanes) is 1. The molecule has 5 nitrogen and oxygen atoms in total. The van der Waals surface area contributed by atoms with Crippen molar-refractivity contribution in [3.63, 3.8) is 0 Å². The minimum atomic E-state index is -0.951. The second-order valence-electron chi connectivity index (χ2n) is 4.67. The van der Waals surface area contributed by atoms with E-state index in [0.29, 0.717) is 13.0 Å². The predicted molar refractivity (Wildman–Crippen MR) is 64.4 cm³/mol. The quantitative estimate of drug-likeness (QED) is 0.578. The zero-order valence-corrected chi connectivity index (χ0v) is 10.2. The Kier molecular flexibility index (Phi) is 5.97. The lowest BCUT2D eigenvalue weighted by Crippen LogP contribution is -2.43. The molecule has 98 valence electrons. The number of rotatable bonds is 7. The number of carbonyl (C=O) groups excluding carboxylic acids is 1. The van der Waals surface area contributed by atoms with Gasteiger partial charge in [0, 0.05) is 5.92 Å². The lowest BCUT2D eigenvalue weighted by molar-refractivity contribution is -0.142. The zero-order valence-electron chi connectivity index (χ0n) is 10.2. The number of aliphatic carboxylic acids is 1. The first-order chi connectivity index (χ1) is 8.15. The van der Waals surface area contributed by atoms with E-state index < -0.39 is 12.0 Å². The summed E-state index contributed by atoms with van der Waals surface area (Å²) in [6, 6.07) is -0.755. The maximum absolute atomic E-state index is 11.8. The molecule has 1 atom stereocenters. The number of hydrogen-bond acceptors (Lipinski definition) is 3. The van der Waals surface area contributed by atoms with E-state index in [4.69, 9.17) is 10.8 Å². The number of hydrogen-bond donors (Lipinski definition) is 3. The Balaban J connectivity index is 2.36. The molecule has 1 rings (SSSR count). The fourth-order valence-electron chi connectivity index (χ4n) is 2.23. The predicted octanol–water partition coefficient (Wildman–Crippen LogP) is 0.875. The van der Waals surface area contributed by atoms with Crippen LogP contribution in [0.4, 0.5) is 0 Å². The van der Waals surface area contributed by atoms with Crippen LogP contribution in [0.15, 0.2) is 0 Å². The van der Waals surface area contributed by atoms with E-state index in [1.807, 2.05) is 0 Å². The molecule has 1 fully saturated rings. The van der Waals surface area contributed by atoms with Crippen molar-refractivity contribution in [1.29, 1.82) is 0 Å². The molecule has 0 heterocycles. The lowest BCUT2D eigenvalue weighted by atomic mass is 10.1. The Morgan fingerprint density at radius 3 is 2.47 bits per heavy atom. The normalized spacial score (nSPS) is 17.9. The van der Waals surface area contributed by atoms with Gasteiger partial charge in [-0.15, -0.1) is 0 Å². The monoisotopic (exact) mass is 242 g/mol. The molecule has 1 aliphatic rings. The topological polar surface area (TPSA) is 92.4 Å². The summed E-state index contributed by atoms with van der Waals surface area (Å²) in [5.74, 6) is -1.03. The Bertz CT molecular complexity index is 262. The van der Waals surface area contributed by atoms with Gasteiger partial charge in [0.05, 0.1) is 0 Å². The first kappa shape index (κ1) is 14.0. The maximum Gasteiger partial charge on any atom is 0.326 e. The molecule has 0 unspecified atom stereocenters. The van der Waals surface area contributed by atoms with E-state index in [1.165, 1.54) is 0 Å². The summed E-state index contributed by atoms with van der Waals surface area (Å²) < 4.78 is 0. The van der Waals surface area contributed by atoms with Gasteiger partial charge in [-0.2, -0.15) is 0 Å². The van der Waals surface area contributed by atoms with E-state index in [0.717, 1.165) is 38.5 Å². The van der Waals surface area contributed by atoms with Gasteiger partial charge in [-0.3, -0.25) is 4.79 Å². The van der Waals surface area contributed by atoms with Crippen molar-refractivity contribution in [2.45, 2.75) is 51.0 Å². The molecule has 0 aromatic heterocycles. The van der Waals surface area contributed by atoms with Gasteiger partial charge in [0.1, 0.15) is 6.04 Å². The van der Waals surface area contributed by atoms with E-state index in [1.54, 1.807) is 0 Å².